The van der Waals surface area contributed by atoms with E-state index in [4.69, 9.17) is 9.47 Å². The second kappa shape index (κ2) is 9.06. The Morgan fingerprint density at radius 1 is 1.07 bits per heavy atom. The minimum Gasteiger partial charge on any atom is -0.444 e. The number of hydrogen-bond acceptors (Lipinski definition) is 6. The summed E-state index contributed by atoms with van der Waals surface area (Å²) in [5.41, 5.74) is -0.287. The van der Waals surface area contributed by atoms with Gasteiger partial charge in [0.05, 0.1) is 31.3 Å². The molecule has 1 unspecified atom stereocenters. The van der Waals surface area contributed by atoms with Gasteiger partial charge < -0.3 is 19.7 Å². The van der Waals surface area contributed by atoms with E-state index >= 15 is 0 Å². The van der Waals surface area contributed by atoms with Crippen LogP contribution in [0.1, 0.15) is 47.2 Å². The summed E-state index contributed by atoms with van der Waals surface area (Å²) in [5, 5.41) is 20.0. The topological polar surface area (TPSA) is 101 Å². The predicted molar refractivity (Wildman–Crippen MR) is 113 cm³/mol. The van der Waals surface area contributed by atoms with Gasteiger partial charge in [0, 0.05) is 11.1 Å². The molecule has 8 nitrogen and oxygen atoms in total. The highest BCUT2D eigenvalue weighted by Crippen LogP contribution is 2.24. The van der Waals surface area contributed by atoms with E-state index < -0.39 is 36.1 Å². The SMILES string of the molecule is CC(C)(C)OC(=O)N(Cc1cc2ccccc2n1C(=O)OC(C)(C)C)CC(O)CO. The molecule has 0 saturated heterocycles. The Labute approximate surface area is 177 Å². The van der Waals surface area contributed by atoms with Crippen LogP contribution in [0.4, 0.5) is 9.59 Å². The van der Waals surface area contributed by atoms with Gasteiger partial charge in [-0.3, -0.25) is 4.90 Å². The van der Waals surface area contributed by atoms with Crippen molar-refractivity contribution in [1.82, 2.24) is 9.47 Å². The summed E-state index contributed by atoms with van der Waals surface area (Å²) in [6.45, 7) is 9.88. The number of ether oxygens (including phenoxy) is 2. The van der Waals surface area contributed by atoms with Crippen LogP contribution >= 0.6 is 0 Å². The largest absolute Gasteiger partial charge is 0.444 e. The summed E-state index contributed by atoms with van der Waals surface area (Å²) in [6, 6.07) is 9.12. The van der Waals surface area contributed by atoms with E-state index in [0.29, 0.717) is 11.2 Å². The van der Waals surface area contributed by atoms with Gasteiger partial charge in [-0.2, -0.15) is 0 Å². The van der Waals surface area contributed by atoms with Crippen molar-refractivity contribution in [3.05, 3.63) is 36.0 Å². The Bertz CT molecular complexity index is 891. The molecule has 8 heteroatoms. The van der Waals surface area contributed by atoms with Crippen molar-refractivity contribution < 1.29 is 29.3 Å². The third-order valence-corrected chi connectivity index (χ3v) is 4.01. The Balaban J connectivity index is 2.45. The molecule has 166 valence electrons. The summed E-state index contributed by atoms with van der Waals surface area (Å²) < 4.78 is 12.4. The normalized spacial score (nSPS) is 13.2. The summed E-state index contributed by atoms with van der Waals surface area (Å²) >= 11 is 0. The maximum Gasteiger partial charge on any atom is 0.419 e. The Morgan fingerprint density at radius 3 is 2.23 bits per heavy atom. The molecule has 0 aliphatic heterocycles. The van der Waals surface area contributed by atoms with Crippen LogP contribution in [0.25, 0.3) is 10.9 Å². The van der Waals surface area contributed by atoms with Gasteiger partial charge in [0.25, 0.3) is 0 Å². The monoisotopic (exact) mass is 420 g/mol. The molecule has 0 spiro atoms. The van der Waals surface area contributed by atoms with Crippen molar-refractivity contribution in [2.75, 3.05) is 13.2 Å². The van der Waals surface area contributed by atoms with Crippen LogP contribution < -0.4 is 0 Å². The molecule has 1 atom stereocenters. The number of para-hydroxylation sites is 1. The first-order valence-corrected chi connectivity index (χ1v) is 9.90. The highest BCUT2D eigenvalue weighted by Gasteiger charge is 2.28. The van der Waals surface area contributed by atoms with E-state index in [2.05, 4.69) is 0 Å². The van der Waals surface area contributed by atoms with Gasteiger partial charge >= 0.3 is 12.2 Å². The van der Waals surface area contributed by atoms with Gasteiger partial charge in [0.2, 0.25) is 0 Å². The number of nitrogens with zero attached hydrogens (tertiary/aromatic N) is 2. The molecule has 0 radical (unpaired) electrons. The second-order valence-electron chi connectivity index (χ2n) is 9.21. The Morgan fingerprint density at radius 2 is 1.67 bits per heavy atom. The third-order valence-electron chi connectivity index (χ3n) is 4.01. The van der Waals surface area contributed by atoms with Crippen LogP contribution in [0.2, 0.25) is 0 Å². The fourth-order valence-electron chi connectivity index (χ4n) is 2.89. The Hall–Kier alpha value is -2.58. The molecule has 30 heavy (non-hydrogen) atoms. The average Bonchev–Trinajstić information content (AvgIpc) is 2.96. The van der Waals surface area contributed by atoms with Crippen molar-refractivity contribution in [2.45, 2.75) is 65.4 Å². The summed E-state index contributed by atoms with van der Waals surface area (Å²) in [5.74, 6) is 0. The number of aliphatic hydroxyl groups excluding tert-OH is 2. The second-order valence-corrected chi connectivity index (χ2v) is 9.21. The molecule has 1 amide bonds. The number of fused-ring (bicyclic) bond motifs is 1. The van der Waals surface area contributed by atoms with Gasteiger partial charge in [-0.15, -0.1) is 0 Å². The smallest absolute Gasteiger partial charge is 0.419 e. The van der Waals surface area contributed by atoms with Gasteiger partial charge in [0.1, 0.15) is 11.2 Å². The van der Waals surface area contributed by atoms with Crippen LogP contribution in [-0.4, -0.2) is 62.3 Å². The standard InChI is InChI=1S/C22H32N2O6/c1-21(2,3)29-19(27)23(13-17(26)14-25)12-16-11-15-9-7-8-10-18(15)24(16)20(28)30-22(4,5)6/h7-11,17,25-26H,12-14H2,1-6H3. The molecule has 2 rings (SSSR count). The van der Waals surface area contributed by atoms with Crippen molar-refractivity contribution in [3.8, 4) is 0 Å². The molecule has 2 N–H and O–H groups in total. The molecule has 0 fully saturated rings. The maximum absolute atomic E-state index is 12.9. The number of hydrogen-bond donors (Lipinski definition) is 2. The lowest BCUT2D eigenvalue weighted by Gasteiger charge is -2.29. The van der Waals surface area contributed by atoms with Crippen LogP contribution in [0.3, 0.4) is 0 Å². The minimum atomic E-state index is -1.14. The lowest BCUT2D eigenvalue weighted by Crippen LogP contribution is -2.42. The van der Waals surface area contributed by atoms with Crippen molar-refractivity contribution in [2.24, 2.45) is 0 Å². The van der Waals surface area contributed by atoms with Gasteiger partial charge in [-0.1, -0.05) is 18.2 Å². The molecule has 1 aromatic carbocycles. The van der Waals surface area contributed by atoms with E-state index in [1.54, 1.807) is 53.7 Å². The van der Waals surface area contributed by atoms with Crippen LogP contribution in [0.5, 0.6) is 0 Å². The fraction of sp³-hybridized carbons (Fsp3) is 0.545. The first-order chi connectivity index (χ1) is 13.8. The highest BCUT2D eigenvalue weighted by atomic mass is 16.6. The summed E-state index contributed by atoms with van der Waals surface area (Å²) in [7, 11) is 0. The van der Waals surface area contributed by atoms with E-state index in [0.717, 1.165) is 5.39 Å². The molecular formula is C22H32N2O6. The Kier molecular flexibility index (Phi) is 7.15. The number of aromatic nitrogens is 1. The first-order valence-electron chi connectivity index (χ1n) is 9.90. The van der Waals surface area contributed by atoms with Crippen LogP contribution in [0, 0.1) is 0 Å². The van der Waals surface area contributed by atoms with Gasteiger partial charge in [-0.05, 0) is 53.7 Å². The molecule has 0 aliphatic carbocycles. The van der Waals surface area contributed by atoms with E-state index in [-0.39, 0.29) is 13.1 Å². The maximum atomic E-state index is 12.9. The molecule has 2 aromatic rings. The number of benzene rings is 1. The predicted octanol–water partition coefficient (Wildman–Crippen LogP) is 3.51. The summed E-state index contributed by atoms with van der Waals surface area (Å²) in [6.07, 6.45) is -2.36. The zero-order valence-corrected chi connectivity index (χ0v) is 18.5. The van der Waals surface area contributed by atoms with Crippen molar-refractivity contribution in [3.63, 3.8) is 0 Å². The lowest BCUT2D eigenvalue weighted by atomic mass is 10.2. The van der Waals surface area contributed by atoms with E-state index in [1.165, 1.54) is 9.47 Å². The van der Waals surface area contributed by atoms with E-state index in [1.807, 2.05) is 18.2 Å². The molecule has 0 aliphatic rings. The van der Waals surface area contributed by atoms with Crippen LogP contribution in [0.15, 0.2) is 30.3 Å². The molecule has 0 saturated carbocycles. The molecule has 0 bridgehead atoms. The van der Waals surface area contributed by atoms with Crippen molar-refractivity contribution >= 4 is 23.1 Å². The van der Waals surface area contributed by atoms with Gasteiger partial charge in [-0.25, -0.2) is 14.2 Å². The zero-order valence-electron chi connectivity index (χ0n) is 18.5. The third kappa shape index (κ3) is 6.47. The van der Waals surface area contributed by atoms with Crippen molar-refractivity contribution in [1.29, 1.82) is 0 Å². The quantitative estimate of drug-likeness (QED) is 0.768. The summed E-state index contributed by atoms with van der Waals surface area (Å²) in [4.78, 5) is 26.9. The highest BCUT2D eigenvalue weighted by molar-refractivity contribution is 5.91. The minimum absolute atomic E-state index is 0.0140. The molecule has 1 aromatic heterocycles. The van der Waals surface area contributed by atoms with Gasteiger partial charge in [0.15, 0.2) is 0 Å². The number of carbonyl (C=O) groups excluding carboxylic acids is 2. The molecular weight excluding hydrogens is 388 g/mol. The molecule has 1 heterocycles. The lowest BCUT2D eigenvalue weighted by molar-refractivity contribution is 0.00454. The number of aliphatic hydroxyl groups is 2. The zero-order chi connectivity index (χ0) is 22.7. The van der Waals surface area contributed by atoms with Crippen LogP contribution in [-0.2, 0) is 16.0 Å². The first kappa shape index (κ1) is 23.7. The number of amides is 1. The fourth-order valence-corrected chi connectivity index (χ4v) is 2.89. The van der Waals surface area contributed by atoms with E-state index in [9.17, 15) is 19.8 Å². The number of carbonyl (C=O) groups is 2. The average molecular weight is 421 g/mol. The number of rotatable bonds is 5.